The normalized spacial score (nSPS) is 12.0. The Morgan fingerprint density at radius 2 is 1.78 bits per heavy atom. The average Bonchev–Trinajstić information content (AvgIpc) is 3.11. The first-order chi connectivity index (χ1) is 12.9. The topological polar surface area (TPSA) is 64.1 Å². The van der Waals surface area contributed by atoms with E-state index in [0.717, 1.165) is 11.1 Å². The summed E-state index contributed by atoms with van der Waals surface area (Å²) in [6.07, 6.45) is -0.659. The van der Waals surface area contributed by atoms with Crippen LogP contribution in [-0.4, -0.2) is 22.2 Å². The van der Waals surface area contributed by atoms with Crippen LogP contribution in [0.3, 0.4) is 0 Å². The lowest BCUT2D eigenvalue weighted by Gasteiger charge is -2.18. The van der Waals surface area contributed by atoms with Crippen molar-refractivity contribution < 1.29 is 9.53 Å². The van der Waals surface area contributed by atoms with Crippen molar-refractivity contribution in [1.29, 1.82) is 0 Å². The smallest absolute Gasteiger partial charge is 0.266 e. The molecule has 1 unspecified atom stereocenters. The van der Waals surface area contributed by atoms with E-state index in [-0.39, 0.29) is 5.91 Å². The first-order valence-electron chi connectivity index (χ1n) is 8.60. The highest BCUT2D eigenvalue weighted by Crippen LogP contribution is 2.29. The van der Waals surface area contributed by atoms with Gasteiger partial charge in [0.15, 0.2) is 6.10 Å². The van der Waals surface area contributed by atoms with Crippen LogP contribution >= 0.6 is 22.9 Å². The Bertz CT molecular complexity index is 925. The van der Waals surface area contributed by atoms with E-state index < -0.39 is 6.10 Å². The fourth-order valence-electron chi connectivity index (χ4n) is 2.50. The largest absolute Gasteiger partial charge is 0.481 e. The van der Waals surface area contributed by atoms with Crippen LogP contribution in [0.5, 0.6) is 5.75 Å². The zero-order valence-corrected chi connectivity index (χ0v) is 16.8. The van der Waals surface area contributed by atoms with Gasteiger partial charge in [-0.25, -0.2) is 0 Å². The van der Waals surface area contributed by atoms with Crippen LogP contribution < -0.4 is 10.1 Å². The number of nitrogens with zero attached hydrogens (tertiary/aromatic N) is 2. The van der Waals surface area contributed by atoms with E-state index in [0.29, 0.717) is 26.8 Å². The first-order valence-corrected chi connectivity index (χ1v) is 9.79. The highest BCUT2D eigenvalue weighted by molar-refractivity contribution is 7.18. The molecule has 2 aromatic carbocycles. The fourth-order valence-corrected chi connectivity index (χ4v) is 3.38. The van der Waals surface area contributed by atoms with Crippen LogP contribution in [0.1, 0.15) is 32.3 Å². The third-order valence-electron chi connectivity index (χ3n) is 3.96. The predicted octanol–water partition coefficient (Wildman–Crippen LogP) is 5.39. The fraction of sp³-hybridized carbons (Fsp3) is 0.250. The molecule has 0 radical (unpaired) electrons. The van der Waals surface area contributed by atoms with Crippen molar-refractivity contribution in [3.63, 3.8) is 0 Å². The van der Waals surface area contributed by atoms with Crippen molar-refractivity contribution in [2.75, 3.05) is 5.32 Å². The van der Waals surface area contributed by atoms with Crippen LogP contribution in [0.4, 0.5) is 5.13 Å². The molecule has 0 fully saturated rings. The Hall–Kier alpha value is -2.44. The molecule has 1 N–H and O–H groups in total. The molecule has 1 aromatic heterocycles. The van der Waals surface area contributed by atoms with Gasteiger partial charge in [0.2, 0.25) is 5.13 Å². The molecular weight excluding hydrogens is 382 g/mol. The number of carbonyl (C=O) groups is 1. The van der Waals surface area contributed by atoms with E-state index in [2.05, 4.69) is 29.4 Å². The van der Waals surface area contributed by atoms with Gasteiger partial charge in [-0.2, -0.15) is 0 Å². The van der Waals surface area contributed by atoms with E-state index >= 15 is 0 Å². The van der Waals surface area contributed by atoms with Gasteiger partial charge in [-0.3, -0.25) is 10.1 Å². The summed E-state index contributed by atoms with van der Waals surface area (Å²) in [5.74, 6) is 0.753. The summed E-state index contributed by atoms with van der Waals surface area (Å²) >= 11 is 7.20. The molecule has 3 aromatic rings. The third kappa shape index (κ3) is 4.84. The Morgan fingerprint density at radius 3 is 2.48 bits per heavy atom. The zero-order valence-electron chi connectivity index (χ0n) is 15.3. The second-order valence-electron chi connectivity index (χ2n) is 6.36. The number of aromatic nitrogens is 2. The van der Waals surface area contributed by atoms with Gasteiger partial charge in [0.25, 0.3) is 5.91 Å². The number of rotatable bonds is 6. The van der Waals surface area contributed by atoms with Gasteiger partial charge in [-0.1, -0.05) is 67.1 Å². The molecular formula is C20H20ClN3O2S. The minimum absolute atomic E-state index is 0.271. The maximum Gasteiger partial charge on any atom is 0.266 e. The molecule has 1 atom stereocenters. The summed E-state index contributed by atoms with van der Waals surface area (Å²) in [5, 5.41) is 12.7. The number of anilines is 1. The quantitative estimate of drug-likeness (QED) is 0.601. The molecule has 1 heterocycles. The zero-order chi connectivity index (χ0) is 19.4. The number of ether oxygens (including phenoxy) is 1. The lowest BCUT2D eigenvalue weighted by Crippen LogP contribution is -2.30. The molecule has 0 aliphatic heterocycles. The second-order valence-corrected chi connectivity index (χ2v) is 7.78. The monoisotopic (exact) mass is 401 g/mol. The van der Waals surface area contributed by atoms with Crippen molar-refractivity contribution >= 4 is 34.0 Å². The summed E-state index contributed by atoms with van der Waals surface area (Å²) in [6, 6.07) is 15.1. The SMILES string of the molecule is CC(Oc1ccccc1C(C)C)C(=O)Nc1nnc(-c2ccc(Cl)cc2)s1. The van der Waals surface area contributed by atoms with E-state index in [4.69, 9.17) is 16.3 Å². The number of benzene rings is 2. The van der Waals surface area contributed by atoms with Crippen LogP contribution in [0.15, 0.2) is 48.5 Å². The van der Waals surface area contributed by atoms with Crippen molar-refractivity contribution in [2.24, 2.45) is 0 Å². The standard InChI is InChI=1S/C20H20ClN3O2S/c1-12(2)16-6-4-5-7-17(16)26-13(3)18(25)22-20-24-23-19(27-20)14-8-10-15(21)11-9-14/h4-13H,1-3H3,(H,22,24,25). The molecule has 0 spiro atoms. The lowest BCUT2D eigenvalue weighted by atomic mass is 10.0. The second kappa shape index (κ2) is 8.50. The summed E-state index contributed by atoms with van der Waals surface area (Å²) in [7, 11) is 0. The number of carbonyl (C=O) groups excluding carboxylic acids is 1. The average molecular weight is 402 g/mol. The maximum atomic E-state index is 12.5. The van der Waals surface area contributed by atoms with E-state index in [9.17, 15) is 4.79 Å². The molecule has 140 valence electrons. The maximum absolute atomic E-state index is 12.5. The highest BCUT2D eigenvalue weighted by Gasteiger charge is 2.19. The Labute approximate surface area is 167 Å². The van der Waals surface area contributed by atoms with Crippen molar-refractivity contribution in [2.45, 2.75) is 32.8 Å². The molecule has 0 bridgehead atoms. The summed E-state index contributed by atoms with van der Waals surface area (Å²) in [5.41, 5.74) is 1.96. The molecule has 5 nitrogen and oxygen atoms in total. The van der Waals surface area contributed by atoms with Crippen molar-refractivity contribution in [3.05, 3.63) is 59.1 Å². The van der Waals surface area contributed by atoms with Crippen molar-refractivity contribution in [3.8, 4) is 16.3 Å². The number of nitrogens with one attached hydrogen (secondary N) is 1. The molecule has 7 heteroatoms. The number of halogens is 1. The number of hydrogen-bond acceptors (Lipinski definition) is 5. The predicted molar refractivity (Wildman–Crippen MR) is 110 cm³/mol. The summed E-state index contributed by atoms with van der Waals surface area (Å²) in [6.45, 7) is 5.90. The van der Waals surface area contributed by atoms with Gasteiger partial charge in [-0.05, 0) is 36.6 Å². The highest BCUT2D eigenvalue weighted by atomic mass is 35.5. The number of para-hydroxylation sites is 1. The molecule has 0 aliphatic rings. The Kier molecular flexibility index (Phi) is 6.08. The summed E-state index contributed by atoms with van der Waals surface area (Å²) < 4.78 is 5.88. The minimum Gasteiger partial charge on any atom is -0.481 e. The van der Waals surface area contributed by atoms with Crippen LogP contribution in [-0.2, 0) is 4.79 Å². The minimum atomic E-state index is -0.659. The number of amides is 1. The van der Waals surface area contributed by atoms with E-state index in [1.165, 1.54) is 11.3 Å². The van der Waals surface area contributed by atoms with Gasteiger partial charge < -0.3 is 4.74 Å². The molecule has 27 heavy (non-hydrogen) atoms. The third-order valence-corrected chi connectivity index (χ3v) is 5.10. The Morgan fingerprint density at radius 1 is 1.07 bits per heavy atom. The van der Waals surface area contributed by atoms with Gasteiger partial charge in [0, 0.05) is 10.6 Å². The van der Waals surface area contributed by atoms with E-state index in [1.807, 2.05) is 36.4 Å². The molecule has 0 aliphatic carbocycles. The molecule has 0 saturated heterocycles. The molecule has 3 rings (SSSR count). The summed E-state index contributed by atoms with van der Waals surface area (Å²) in [4.78, 5) is 12.5. The van der Waals surface area contributed by atoms with Crippen LogP contribution in [0, 0.1) is 0 Å². The lowest BCUT2D eigenvalue weighted by molar-refractivity contribution is -0.122. The van der Waals surface area contributed by atoms with Gasteiger partial charge in [-0.15, -0.1) is 10.2 Å². The number of hydrogen-bond donors (Lipinski definition) is 1. The molecule has 1 amide bonds. The van der Waals surface area contributed by atoms with Gasteiger partial charge >= 0.3 is 0 Å². The van der Waals surface area contributed by atoms with E-state index in [1.54, 1.807) is 19.1 Å². The van der Waals surface area contributed by atoms with Gasteiger partial charge in [0.05, 0.1) is 0 Å². The van der Waals surface area contributed by atoms with Crippen LogP contribution in [0.25, 0.3) is 10.6 Å². The van der Waals surface area contributed by atoms with Crippen molar-refractivity contribution in [1.82, 2.24) is 10.2 Å². The van der Waals surface area contributed by atoms with Crippen LogP contribution in [0.2, 0.25) is 5.02 Å². The Balaban J connectivity index is 1.66. The molecule has 0 saturated carbocycles. The van der Waals surface area contributed by atoms with Gasteiger partial charge in [0.1, 0.15) is 10.8 Å². The first kappa shape index (κ1) is 19.3.